The van der Waals surface area contributed by atoms with Crippen molar-refractivity contribution in [2.75, 3.05) is 0 Å². The zero-order chi connectivity index (χ0) is 12.7. The summed E-state index contributed by atoms with van der Waals surface area (Å²) in [6.07, 6.45) is 1.69. The molecule has 0 saturated carbocycles. The standard InChI is InChI=1S/C13H20N2OS/c1-3-10(2)17-12(9-13(14)15-16)11-7-5-4-6-8-11/h4-8,10,12,16H,3,9H2,1-2H3,(H2,14,15). The molecule has 0 aromatic heterocycles. The SMILES string of the molecule is CCC(C)SC(CC(N)=NO)c1ccccc1. The molecule has 2 unspecified atom stereocenters. The molecular weight excluding hydrogens is 232 g/mol. The van der Waals surface area contributed by atoms with Crippen molar-refractivity contribution in [2.45, 2.75) is 37.2 Å². The first-order valence-electron chi connectivity index (χ1n) is 5.84. The first-order chi connectivity index (χ1) is 8.17. The second-order valence-electron chi connectivity index (χ2n) is 4.05. The van der Waals surface area contributed by atoms with E-state index < -0.39 is 0 Å². The van der Waals surface area contributed by atoms with E-state index in [2.05, 4.69) is 31.1 Å². The van der Waals surface area contributed by atoms with Crippen LogP contribution in [0.1, 0.15) is 37.5 Å². The quantitative estimate of drug-likeness (QED) is 0.353. The van der Waals surface area contributed by atoms with E-state index in [4.69, 9.17) is 10.9 Å². The molecule has 0 fully saturated rings. The second-order valence-corrected chi connectivity index (χ2v) is 5.70. The lowest BCUT2D eigenvalue weighted by atomic mass is 10.1. The Bertz CT molecular complexity index is 354. The average molecular weight is 252 g/mol. The maximum Gasteiger partial charge on any atom is 0.140 e. The molecule has 0 radical (unpaired) electrons. The van der Waals surface area contributed by atoms with Crippen molar-refractivity contribution in [3.8, 4) is 0 Å². The molecule has 1 aromatic carbocycles. The normalized spacial score (nSPS) is 15.5. The fourth-order valence-corrected chi connectivity index (χ4v) is 2.85. The number of nitrogens with zero attached hydrogens (tertiary/aromatic N) is 1. The summed E-state index contributed by atoms with van der Waals surface area (Å²) in [6.45, 7) is 4.37. The summed E-state index contributed by atoms with van der Waals surface area (Å²) in [5, 5.41) is 12.6. The van der Waals surface area contributed by atoms with Crippen molar-refractivity contribution in [1.29, 1.82) is 0 Å². The molecule has 0 spiro atoms. The highest BCUT2D eigenvalue weighted by Gasteiger charge is 2.16. The summed E-state index contributed by atoms with van der Waals surface area (Å²) in [5.74, 6) is 0.287. The topological polar surface area (TPSA) is 58.6 Å². The summed E-state index contributed by atoms with van der Waals surface area (Å²) in [7, 11) is 0. The predicted octanol–water partition coefficient (Wildman–Crippen LogP) is 3.40. The van der Waals surface area contributed by atoms with Crippen LogP contribution < -0.4 is 5.73 Å². The van der Waals surface area contributed by atoms with Crippen LogP contribution in [-0.4, -0.2) is 16.3 Å². The number of amidine groups is 1. The zero-order valence-corrected chi connectivity index (χ0v) is 11.2. The summed E-state index contributed by atoms with van der Waals surface area (Å²) < 4.78 is 0. The molecule has 0 aliphatic heterocycles. The van der Waals surface area contributed by atoms with Crippen LogP contribution in [0.3, 0.4) is 0 Å². The van der Waals surface area contributed by atoms with Crippen LogP contribution in [0.2, 0.25) is 0 Å². The minimum atomic E-state index is 0.252. The van der Waals surface area contributed by atoms with Gasteiger partial charge in [-0.2, -0.15) is 11.8 Å². The Hall–Kier alpha value is -1.16. The van der Waals surface area contributed by atoms with Gasteiger partial charge in [0.1, 0.15) is 5.84 Å². The average Bonchev–Trinajstić information content (AvgIpc) is 2.38. The fraction of sp³-hybridized carbons (Fsp3) is 0.462. The Morgan fingerprint density at radius 1 is 1.41 bits per heavy atom. The van der Waals surface area contributed by atoms with E-state index in [1.54, 1.807) is 0 Å². The molecule has 0 aliphatic rings. The Morgan fingerprint density at radius 2 is 2.06 bits per heavy atom. The van der Waals surface area contributed by atoms with E-state index in [1.165, 1.54) is 5.56 Å². The summed E-state index contributed by atoms with van der Waals surface area (Å²) in [5.41, 5.74) is 6.84. The number of hydrogen-bond donors (Lipinski definition) is 2. The highest BCUT2D eigenvalue weighted by atomic mass is 32.2. The van der Waals surface area contributed by atoms with Gasteiger partial charge in [0.15, 0.2) is 0 Å². The van der Waals surface area contributed by atoms with Gasteiger partial charge in [-0.3, -0.25) is 0 Å². The first kappa shape index (κ1) is 13.9. The van der Waals surface area contributed by atoms with Gasteiger partial charge < -0.3 is 10.9 Å². The Balaban J connectivity index is 2.79. The molecule has 3 nitrogen and oxygen atoms in total. The highest BCUT2D eigenvalue weighted by Crippen LogP contribution is 2.35. The van der Waals surface area contributed by atoms with Crippen LogP contribution >= 0.6 is 11.8 Å². The molecule has 0 amide bonds. The van der Waals surface area contributed by atoms with Crippen molar-refractivity contribution in [3.63, 3.8) is 0 Å². The van der Waals surface area contributed by atoms with E-state index in [9.17, 15) is 0 Å². The van der Waals surface area contributed by atoms with Gasteiger partial charge in [0.05, 0.1) is 0 Å². The first-order valence-corrected chi connectivity index (χ1v) is 6.78. The number of hydrogen-bond acceptors (Lipinski definition) is 3. The zero-order valence-electron chi connectivity index (χ0n) is 10.3. The van der Waals surface area contributed by atoms with Gasteiger partial charge >= 0.3 is 0 Å². The van der Waals surface area contributed by atoms with Gasteiger partial charge in [-0.15, -0.1) is 0 Å². The number of benzene rings is 1. The highest BCUT2D eigenvalue weighted by molar-refractivity contribution is 8.00. The van der Waals surface area contributed by atoms with Crippen LogP contribution in [0, 0.1) is 0 Å². The van der Waals surface area contributed by atoms with Gasteiger partial charge in [0, 0.05) is 16.9 Å². The third-order valence-electron chi connectivity index (χ3n) is 2.67. The van der Waals surface area contributed by atoms with E-state index in [0.717, 1.165) is 6.42 Å². The van der Waals surface area contributed by atoms with E-state index in [-0.39, 0.29) is 11.1 Å². The van der Waals surface area contributed by atoms with Gasteiger partial charge in [-0.1, -0.05) is 49.3 Å². The predicted molar refractivity (Wildman–Crippen MR) is 74.6 cm³/mol. The Morgan fingerprint density at radius 3 is 2.59 bits per heavy atom. The smallest absolute Gasteiger partial charge is 0.140 e. The van der Waals surface area contributed by atoms with Gasteiger partial charge in [-0.25, -0.2) is 0 Å². The molecule has 0 bridgehead atoms. The minimum absolute atomic E-state index is 0.252. The van der Waals surface area contributed by atoms with Crippen LogP contribution in [0.25, 0.3) is 0 Å². The van der Waals surface area contributed by atoms with E-state index >= 15 is 0 Å². The summed E-state index contributed by atoms with van der Waals surface area (Å²) in [4.78, 5) is 0. The minimum Gasteiger partial charge on any atom is -0.409 e. The molecule has 0 heterocycles. The van der Waals surface area contributed by atoms with Crippen molar-refractivity contribution < 1.29 is 5.21 Å². The molecule has 17 heavy (non-hydrogen) atoms. The van der Waals surface area contributed by atoms with Gasteiger partial charge in [-0.05, 0) is 12.0 Å². The van der Waals surface area contributed by atoms with E-state index in [1.807, 2.05) is 30.0 Å². The van der Waals surface area contributed by atoms with Crippen LogP contribution in [-0.2, 0) is 0 Å². The van der Waals surface area contributed by atoms with E-state index in [0.29, 0.717) is 11.7 Å². The molecule has 3 N–H and O–H groups in total. The number of nitrogens with two attached hydrogens (primary N) is 1. The fourth-order valence-electron chi connectivity index (χ4n) is 1.52. The maximum atomic E-state index is 8.68. The third-order valence-corrected chi connectivity index (χ3v) is 4.23. The van der Waals surface area contributed by atoms with Crippen LogP contribution in [0.15, 0.2) is 35.5 Å². The van der Waals surface area contributed by atoms with Crippen molar-refractivity contribution in [2.24, 2.45) is 10.9 Å². The van der Waals surface area contributed by atoms with Gasteiger partial charge in [0.25, 0.3) is 0 Å². The van der Waals surface area contributed by atoms with Crippen LogP contribution in [0.5, 0.6) is 0 Å². The summed E-state index contributed by atoms with van der Waals surface area (Å²) in [6, 6.07) is 10.2. The Kier molecular flexibility index (Phi) is 5.91. The summed E-state index contributed by atoms with van der Waals surface area (Å²) >= 11 is 1.87. The van der Waals surface area contributed by atoms with Gasteiger partial charge in [0.2, 0.25) is 0 Å². The molecular formula is C13H20N2OS. The molecule has 4 heteroatoms. The largest absolute Gasteiger partial charge is 0.409 e. The number of thioether (sulfide) groups is 1. The van der Waals surface area contributed by atoms with Crippen molar-refractivity contribution in [3.05, 3.63) is 35.9 Å². The monoisotopic (exact) mass is 252 g/mol. The van der Waals surface area contributed by atoms with Crippen LogP contribution in [0.4, 0.5) is 0 Å². The lowest BCUT2D eigenvalue weighted by molar-refractivity contribution is 0.317. The Labute approximate surface area is 107 Å². The van der Waals surface area contributed by atoms with Crippen molar-refractivity contribution in [1.82, 2.24) is 0 Å². The molecule has 2 atom stereocenters. The third kappa shape index (κ3) is 4.69. The molecule has 0 aliphatic carbocycles. The molecule has 0 saturated heterocycles. The lowest BCUT2D eigenvalue weighted by Gasteiger charge is -2.20. The molecule has 1 aromatic rings. The molecule has 94 valence electrons. The molecule has 1 rings (SSSR count). The number of oxime groups is 1. The lowest BCUT2D eigenvalue weighted by Crippen LogP contribution is -2.16. The number of rotatable bonds is 6. The van der Waals surface area contributed by atoms with Crippen molar-refractivity contribution >= 4 is 17.6 Å². The maximum absolute atomic E-state index is 8.68. The second kappa shape index (κ2) is 7.22.